The molecule has 1 rings (SSSR count). The SMILES string of the molecule is C/C=C\SC=Nc1cc(C#N)cc(N=CS/C=C\C)c1. The molecule has 0 N–H and O–H groups in total. The summed E-state index contributed by atoms with van der Waals surface area (Å²) in [4.78, 5) is 8.60. The summed E-state index contributed by atoms with van der Waals surface area (Å²) in [5.41, 5.74) is 5.48. The van der Waals surface area contributed by atoms with E-state index in [4.69, 9.17) is 5.26 Å². The second-order valence-corrected chi connectivity index (χ2v) is 5.04. The summed E-state index contributed by atoms with van der Waals surface area (Å²) in [6, 6.07) is 7.45. The number of aliphatic imine (C=N–C) groups is 2. The summed E-state index contributed by atoms with van der Waals surface area (Å²) in [5.74, 6) is 0. The summed E-state index contributed by atoms with van der Waals surface area (Å²) < 4.78 is 0. The van der Waals surface area contributed by atoms with Crippen molar-refractivity contribution in [2.24, 2.45) is 9.98 Å². The second-order valence-electron chi connectivity index (χ2n) is 3.53. The molecule has 0 bridgehead atoms. The highest BCUT2D eigenvalue weighted by Gasteiger charge is 1.98. The zero-order valence-corrected chi connectivity index (χ0v) is 13.0. The van der Waals surface area contributed by atoms with Gasteiger partial charge in [-0.15, -0.1) is 0 Å². The van der Waals surface area contributed by atoms with Crippen molar-refractivity contribution in [1.29, 1.82) is 5.26 Å². The monoisotopic (exact) mass is 301 g/mol. The van der Waals surface area contributed by atoms with Crippen LogP contribution in [0.1, 0.15) is 19.4 Å². The van der Waals surface area contributed by atoms with E-state index < -0.39 is 0 Å². The Hall–Kier alpha value is -1.77. The number of hydrogen-bond donors (Lipinski definition) is 0. The van der Waals surface area contributed by atoms with Crippen molar-refractivity contribution in [3.05, 3.63) is 46.7 Å². The van der Waals surface area contributed by atoms with Gasteiger partial charge in [0, 0.05) is 0 Å². The van der Waals surface area contributed by atoms with E-state index >= 15 is 0 Å². The maximum atomic E-state index is 9.02. The standard InChI is InChI=1S/C15H15N3S2/c1-3-5-19-11-17-14-7-13(10-16)8-15(9-14)18-12-20-6-4-2/h3-9,11-12H,1-2H3/b5-3-,6-4-,17-11?,18-12?. The molecule has 0 amide bonds. The number of rotatable bonds is 6. The van der Waals surface area contributed by atoms with E-state index in [1.165, 1.54) is 23.5 Å². The average Bonchev–Trinajstić information content (AvgIpc) is 2.48. The lowest BCUT2D eigenvalue weighted by Crippen LogP contribution is -1.75. The van der Waals surface area contributed by atoms with Crippen LogP contribution in [-0.2, 0) is 0 Å². The number of nitriles is 1. The molecule has 0 aromatic heterocycles. The van der Waals surface area contributed by atoms with Gasteiger partial charge in [0.15, 0.2) is 0 Å². The van der Waals surface area contributed by atoms with E-state index in [0.717, 1.165) is 11.4 Å². The van der Waals surface area contributed by atoms with Gasteiger partial charge in [0.2, 0.25) is 0 Å². The Kier molecular flexibility index (Phi) is 8.20. The van der Waals surface area contributed by atoms with Crippen LogP contribution < -0.4 is 0 Å². The minimum Gasteiger partial charge on any atom is -0.250 e. The number of hydrogen-bond acceptors (Lipinski definition) is 5. The third-order valence-electron chi connectivity index (χ3n) is 1.99. The van der Waals surface area contributed by atoms with Crippen LogP contribution in [0.5, 0.6) is 0 Å². The molecule has 0 heterocycles. The molecule has 0 fully saturated rings. The lowest BCUT2D eigenvalue weighted by atomic mass is 10.2. The molecule has 0 unspecified atom stereocenters. The molecule has 0 aliphatic carbocycles. The molecule has 5 heteroatoms. The molecule has 0 atom stereocenters. The lowest BCUT2D eigenvalue weighted by Gasteiger charge is -1.98. The second kappa shape index (κ2) is 10.1. The van der Waals surface area contributed by atoms with Gasteiger partial charge in [0.25, 0.3) is 0 Å². The zero-order valence-electron chi connectivity index (χ0n) is 11.4. The van der Waals surface area contributed by atoms with Gasteiger partial charge in [-0.05, 0) is 42.9 Å². The molecule has 1 aromatic carbocycles. The number of thioether (sulfide) groups is 2. The van der Waals surface area contributed by atoms with Gasteiger partial charge in [0.05, 0.1) is 34.1 Å². The molecule has 0 spiro atoms. The third-order valence-corrected chi connectivity index (χ3v) is 3.30. The van der Waals surface area contributed by atoms with Gasteiger partial charge >= 0.3 is 0 Å². The lowest BCUT2D eigenvalue weighted by molar-refractivity contribution is 1.44. The molecule has 102 valence electrons. The smallest absolute Gasteiger partial charge is 0.0993 e. The molecule has 0 aliphatic heterocycles. The average molecular weight is 301 g/mol. The number of nitrogens with zero attached hydrogens (tertiary/aromatic N) is 3. The molecule has 3 nitrogen and oxygen atoms in total. The van der Waals surface area contributed by atoms with E-state index in [1.807, 2.05) is 42.9 Å². The Labute approximate surface area is 128 Å². The summed E-state index contributed by atoms with van der Waals surface area (Å²) in [7, 11) is 0. The Morgan fingerprint density at radius 3 is 1.85 bits per heavy atom. The Morgan fingerprint density at radius 2 is 1.45 bits per heavy atom. The first-order chi connectivity index (χ1) is 9.80. The van der Waals surface area contributed by atoms with E-state index in [1.54, 1.807) is 23.2 Å². The highest BCUT2D eigenvalue weighted by molar-refractivity contribution is 8.14. The summed E-state index contributed by atoms with van der Waals surface area (Å²) >= 11 is 2.97. The molecular weight excluding hydrogens is 286 g/mol. The normalized spacial score (nSPS) is 12.1. The predicted octanol–water partition coefficient (Wildman–Crippen LogP) is 5.41. The minimum absolute atomic E-state index is 0.555. The van der Waals surface area contributed by atoms with Crippen LogP contribution in [-0.4, -0.2) is 11.1 Å². The highest BCUT2D eigenvalue weighted by atomic mass is 32.2. The maximum absolute atomic E-state index is 9.02. The van der Waals surface area contributed by atoms with Crippen molar-refractivity contribution in [3.8, 4) is 6.07 Å². The van der Waals surface area contributed by atoms with Crippen LogP contribution in [0.25, 0.3) is 0 Å². The number of benzene rings is 1. The predicted molar refractivity (Wildman–Crippen MR) is 92.3 cm³/mol. The summed E-state index contributed by atoms with van der Waals surface area (Å²) in [6.45, 7) is 3.90. The van der Waals surface area contributed by atoms with Crippen LogP contribution in [0, 0.1) is 11.3 Å². The van der Waals surface area contributed by atoms with E-state index in [9.17, 15) is 0 Å². The maximum Gasteiger partial charge on any atom is 0.0993 e. The molecule has 0 saturated carbocycles. The van der Waals surface area contributed by atoms with E-state index in [0.29, 0.717) is 5.56 Å². The fourth-order valence-electron chi connectivity index (χ4n) is 1.22. The quantitative estimate of drug-likeness (QED) is 0.521. The number of allylic oxidation sites excluding steroid dienone is 2. The third kappa shape index (κ3) is 6.41. The Morgan fingerprint density at radius 1 is 0.950 bits per heavy atom. The summed E-state index contributed by atoms with van der Waals surface area (Å²) in [6.07, 6.45) is 3.88. The van der Waals surface area contributed by atoms with Crippen LogP contribution in [0.3, 0.4) is 0 Å². The van der Waals surface area contributed by atoms with Crippen molar-refractivity contribution in [2.45, 2.75) is 13.8 Å². The van der Waals surface area contributed by atoms with Gasteiger partial charge in [-0.25, -0.2) is 9.98 Å². The van der Waals surface area contributed by atoms with Gasteiger partial charge < -0.3 is 0 Å². The summed E-state index contributed by atoms with van der Waals surface area (Å²) in [5, 5.41) is 12.9. The van der Waals surface area contributed by atoms with E-state index in [-0.39, 0.29) is 0 Å². The fraction of sp³-hybridized carbons (Fsp3) is 0.133. The van der Waals surface area contributed by atoms with Gasteiger partial charge in [-0.2, -0.15) is 5.26 Å². The zero-order chi connectivity index (χ0) is 14.6. The van der Waals surface area contributed by atoms with Crippen LogP contribution >= 0.6 is 23.5 Å². The van der Waals surface area contributed by atoms with Crippen LogP contribution in [0.15, 0.2) is 51.2 Å². The van der Waals surface area contributed by atoms with Crippen LogP contribution in [0.4, 0.5) is 11.4 Å². The van der Waals surface area contributed by atoms with Gasteiger partial charge in [-0.3, -0.25) is 0 Å². The highest BCUT2D eigenvalue weighted by Crippen LogP contribution is 2.24. The first kappa shape index (κ1) is 16.3. The molecular formula is C15H15N3S2. The van der Waals surface area contributed by atoms with Crippen molar-refractivity contribution in [1.82, 2.24) is 0 Å². The molecule has 0 saturated heterocycles. The van der Waals surface area contributed by atoms with Crippen LogP contribution in [0.2, 0.25) is 0 Å². The largest absolute Gasteiger partial charge is 0.250 e. The first-order valence-electron chi connectivity index (χ1n) is 5.93. The Bertz CT molecular complexity index is 539. The Balaban J connectivity index is 2.88. The van der Waals surface area contributed by atoms with E-state index in [2.05, 4.69) is 16.1 Å². The fourth-order valence-corrected chi connectivity index (χ4v) is 2.04. The van der Waals surface area contributed by atoms with Gasteiger partial charge in [0.1, 0.15) is 0 Å². The topological polar surface area (TPSA) is 48.5 Å². The van der Waals surface area contributed by atoms with Crippen molar-refractivity contribution < 1.29 is 0 Å². The molecule has 0 aliphatic rings. The minimum atomic E-state index is 0.555. The first-order valence-corrected chi connectivity index (χ1v) is 7.82. The molecule has 20 heavy (non-hydrogen) atoms. The van der Waals surface area contributed by atoms with Crippen molar-refractivity contribution >= 4 is 46.0 Å². The molecule has 1 aromatic rings. The van der Waals surface area contributed by atoms with Crippen molar-refractivity contribution in [3.63, 3.8) is 0 Å². The molecule has 0 radical (unpaired) electrons. The van der Waals surface area contributed by atoms with Crippen molar-refractivity contribution in [2.75, 3.05) is 0 Å². The van der Waals surface area contributed by atoms with Gasteiger partial charge in [-0.1, -0.05) is 35.7 Å².